The summed E-state index contributed by atoms with van der Waals surface area (Å²) in [6, 6.07) is 3.98. The molecule has 0 saturated heterocycles. The number of hydrogen-bond acceptors (Lipinski definition) is 4. The Morgan fingerprint density at radius 1 is 1.33 bits per heavy atom. The van der Waals surface area contributed by atoms with E-state index in [1.165, 1.54) is 29.7 Å². The van der Waals surface area contributed by atoms with Gasteiger partial charge in [0.05, 0.1) is 16.0 Å². The van der Waals surface area contributed by atoms with E-state index in [0.717, 1.165) is 0 Å². The van der Waals surface area contributed by atoms with E-state index in [4.69, 9.17) is 10.7 Å². The van der Waals surface area contributed by atoms with Crippen molar-refractivity contribution in [1.82, 2.24) is 4.57 Å². The third kappa shape index (κ3) is 1.87. The van der Waals surface area contributed by atoms with Crippen molar-refractivity contribution in [1.29, 1.82) is 0 Å². The van der Waals surface area contributed by atoms with Gasteiger partial charge in [0.25, 0.3) is 14.6 Å². The lowest BCUT2D eigenvalue weighted by atomic mass is 10.1. The third-order valence-corrected chi connectivity index (χ3v) is 4.20. The van der Waals surface area contributed by atoms with Gasteiger partial charge in [0.1, 0.15) is 5.75 Å². The van der Waals surface area contributed by atoms with E-state index in [2.05, 4.69) is 0 Å². The Kier molecular flexibility index (Phi) is 2.87. The van der Waals surface area contributed by atoms with E-state index < -0.39 is 9.05 Å². The first-order valence-corrected chi connectivity index (χ1v) is 7.31. The SMILES string of the molecule is Cc1c(O)c2cc(S(=O)(=O)Cl)ccc2n(C)c1=O. The Balaban J connectivity index is 3.00. The van der Waals surface area contributed by atoms with Gasteiger partial charge in [-0.25, -0.2) is 8.42 Å². The Bertz CT molecular complexity index is 808. The number of pyridine rings is 1. The molecule has 0 aliphatic carbocycles. The smallest absolute Gasteiger partial charge is 0.261 e. The molecule has 0 bridgehead atoms. The molecule has 18 heavy (non-hydrogen) atoms. The highest BCUT2D eigenvalue weighted by Gasteiger charge is 2.15. The minimum absolute atomic E-state index is 0.120. The molecule has 2 aromatic rings. The van der Waals surface area contributed by atoms with E-state index in [0.29, 0.717) is 5.52 Å². The third-order valence-electron chi connectivity index (χ3n) is 2.85. The second-order valence-electron chi connectivity index (χ2n) is 3.95. The first-order chi connectivity index (χ1) is 8.23. The van der Waals surface area contributed by atoms with Gasteiger partial charge in [-0.05, 0) is 25.1 Å². The molecule has 0 saturated carbocycles. The van der Waals surface area contributed by atoms with E-state index in [9.17, 15) is 18.3 Å². The Morgan fingerprint density at radius 2 is 1.94 bits per heavy atom. The molecule has 5 nitrogen and oxygen atoms in total. The normalized spacial score (nSPS) is 11.9. The topological polar surface area (TPSA) is 76.4 Å². The summed E-state index contributed by atoms with van der Waals surface area (Å²) in [5.41, 5.74) is 0.266. The highest BCUT2D eigenvalue weighted by molar-refractivity contribution is 8.13. The summed E-state index contributed by atoms with van der Waals surface area (Å²) in [6.07, 6.45) is 0. The monoisotopic (exact) mass is 287 g/mol. The summed E-state index contributed by atoms with van der Waals surface area (Å²) in [5.74, 6) is -0.227. The number of nitrogens with zero attached hydrogens (tertiary/aromatic N) is 1. The molecule has 2 rings (SSSR count). The quantitative estimate of drug-likeness (QED) is 0.806. The van der Waals surface area contributed by atoms with Crippen molar-refractivity contribution in [3.05, 3.63) is 34.1 Å². The van der Waals surface area contributed by atoms with Gasteiger partial charge in [0, 0.05) is 23.1 Å². The fourth-order valence-corrected chi connectivity index (χ4v) is 2.59. The number of hydrogen-bond donors (Lipinski definition) is 1. The van der Waals surface area contributed by atoms with E-state index in [1.807, 2.05) is 0 Å². The van der Waals surface area contributed by atoms with Gasteiger partial charge in [-0.2, -0.15) is 0 Å². The number of aromatic hydroxyl groups is 1. The maximum absolute atomic E-state index is 11.7. The van der Waals surface area contributed by atoms with Gasteiger partial charge in [-0.3, -0.25) is 4.79 Å². The van der Waals surface area contributed by atoms with Crippen LogP contribution in [0.5, 0.6) is 5.75 Å². The largest absolute Gasteiger partial charge is 0.507 e. The predicted octanol–water partition coefficient (Wildman–Crippen LogP) is 1.48. The molecule has 1 heterocycles. The predicted molar refractivity (Wildman–Crippen MR) is 68.6 cm³/mol. The minimum atomic E-state index is -3.87. The standard InChI is InChI=1S/C11H10ClNO4S/c1-6-10(14)8-5-7(18(12,16)17)3-4-9(8)13(2)11(6)15/h3-5,14H,1-2H3. The molecule has 0 spiro atoms. The molecule has 0 aliphatic rings. The zero-order valence-corrected chi connectivity index (χ0v) is 11.2. The van der Waals surface area contributed by atoms with Crippen molar-refractivity contribution < 1.29 is 13.5 Å². The van der Waals surface area contributed by atoms with Crippen molar-refractivity contribution in [2.75, 3.05) is 0 Å². The molecule has 1 aromatic carbocycles. The van der Waals surface area contributed by atoms with Crippen LogP contribution in [0.25, 0.3) is 10.9 Å². The molecular formula is C11H10ClNO4S. The second-order valence-corrected chi connectivity index (χ2v) is 6.52. The average Bonchev–Trinajstić information content (AvgIpc) is 2.32. The molecule has 1 aromatic heterocycles. The number of benzene rings is 1. The van der Waals surface area contributed by atoms with Crippen LogP contribution in [0, 0.1) is 6.92 Å². The number of halogens is 1. The summed E-state index contributed by atoms with van der Waals surface area (Å²) < 4.78 is 23.8. The molecule has 7 heteroatoms. The van der Waals surface area contributed by atoms with Gasteiger partial charge in [0.2, 0.25) is 0 Å². The Morgan fingerprint density at radius 3 is 2.50 bits per heavy atom. The maximum Gasteiger partial charge on any atom is 0.261 e. The second kappa shape index (κ2) is 4.00. The highest BCUT2D eigenvalue weighted by Crippen LogP contribution is 2.28. The Labute approximate surface area is 108 Å². The van der Waals surface area contributed by atoms with Gasteiger partial charge >= 0.3 is 0 Å². The fourth-order valence-electron chi connectivity index (χ4n) is 1.81. The highest BCUT2D eigenvalue weighted by atomic mass is 35.7. The van der Waals surface area contributed by atoms with Gasteiger partial charge in [-0.1, -0.05) is 0 Å². The van der Waals surface area contributed by atoms with Crippen LogP contribution in [-0.2, 0) is 16.1 Å². The number of fused-ring (bicyclic) bond motifs is 1. The zero-order valence-electron chi connectivity index (χ0n) is 9.64. The number of aryl methyl sites for hydroxylation is 1. The van der Waals surface area contributed by atoms with Crippen LogP contribution in [0.2, 0.25) is 0 Å². The number of rotatable bonds is 1. The van der Waals surface area contributed by atoms with E-state index >= 15 is 0 Å². The van der Waals surface area contributed by atoms with Crippen molar-refractivity contribution >= 4 is 30.6 Å². The lowest BCUT2D eigenvalue weighted by Gasteiger charge is -2.10. The van der Waals surface area contributed by atoms with Crippen molar-refractivity contribution in [2.24, 2.45) is 7.05 Å². The van der Waals surface area contributed by atoms with Crippen LogP contribution < -0.4 is 5.56 Å². The molecule has 0 aliphatic heterocycles. The zero-order chi connectivity index (χ0) is 13.7. The van der Waals surface area contributed by atoms with E-state index in [-0.39, 0.29) is 27.2 Å². The van der Waals surface area contributed by atoms with Crippen LogP contribution in [0.3, 0.4) is 0 Å². The molecule has 0 radical (unpaired) electrons. The first kappa shape index (κ1) is 12.9. The van der Waals surface area contributed by atoms with Crippen LogP contribution >= 0.6 is 10.7 Å². The fraction of sp³-hybridized carbons (Fsp3) is 0.182. The summed E-state index contributed by atoms with van der Waals surface area (Å²) in [5, 5.41) is 10.2. The van der Waals surface area contributed by atoms with Gasteiger partial charge in [0.15, 0.2) is 0 Å². The molecule has 0 fully saturated rings. The number of aromatic nitrogens is 1. The summed E-state index contributed by atoms with van der Waals surface area (Å²) in [7, 11) is 2.92. The van der Waals surface area contributed by atoms with Crippen molar-refractivity contribution in [3.63, 3.8) is 0 Å². The molecular weight excluding hydrogens is 278 g/mol. The Hall–Kier alpha value is -1.53. The summed E-state index contributed by atoms with van der Waals surface area (Å²) >= 11 is 0. The minimum Gasteiger partial charge on any atom is -0.507 e. The van der Waals surface area contributed by atoms with Crippen LogP contribution in [-0.4, -0.2) is 18.1 Å². The average molecular weight is 288 g/mol. The van der Waals surface area contributed by atoms with Crippen molar-refractivity contribution in [3.8, 4) is 5.75 Å². The lowest BCUT2D eigenvalue weighted by molar-refractivity contribution is 0.475. The molecule has 96 valence electrons. The maximum atomic E-state index is 11.7. The molecule has 1 N–H and O–H groups in total. The van der Waals surface area contributed by atoms with Crippen LogP contribution in [0.1, 0.15) is 5.56 Å². The van der Waals surface area contributed by atoms with Gasteiger partial charge in [-0.15, -0.1) is 0 Å². The summed E-state index contributed by atoms with van der Waals surface area (Å²) in [6.45, 7) is 1.47. The van der Waals surface area contributed by atoms with Gasteiger partial charge < -0.3 is 9.67 Å². The van der Waals surface area contributed by atoms with Crippen LogP contribution in [0.4, 0.5) is 0 Å². The van der Waals surface area contributed by atoms with E-state index in [1.54, 1.807) is 7.05 Å². The molecule has 0 unspecified atom stereocenters. The van der Waals surface area contributed by atoms with Crippen molar-refractivity contribution in [2.45, 2.75) is 11.8 Å². The lowest BCUT2D eigenvalue weighted by Crippen LogP contribution is -2.19. The first-order valence-electron chi connectivity index (χ1n) is 5.00. The molecule has 0 atom stereocenters. The molecule has 0 amide bonds. The van der Waals surface area contributed by atoms with Crippen LogP contribution in [0.15, 0.2) is 27.9 Å². The summed E-state index contributed by atoms with van der Waals surface area (Å²) in [4.78, 5) is 11.6.